The Morgan fingerprint density at radius 1 is 1.32 bits per heavy atom. The van der Waals surface area contributed by atoms with Crippen LogP contribution in [0.3, 0.4) is 0 Å². The maximum atomic E-state index is 14.3. The lowest BCUT2D eigenvalue weighted by Crippen LogP contribution is -2.51. The van der Waals surface area contributed by atoms with Crippen molar-refractivity contribution in [3.8, 4) is 0 Å². The summed E-state index contributed by atoms with van der Waals surface area (Å²) in [4.78, 5) is 14.9. The van der Waals surface area contributed by atoms with Crippen molar-refractivity contribution in [1.29, 1.82) is 0 Å². The highest BCUT2D eigenvalue weighted by Crippen LogP contribution is 2.41. The summed E-state index contributed by atoms with van der Waals surface area (Å²) in [6, 6.07) is 3.38. The standard InChI is InChI=1S/C12H14F4N2O/c1-2-3-7-18-10(19)11(13,12(14,15)16)9-6-4-5-8-17-9/h4-6,8H,2-3,7H2,1H3,(H,18,19). The summed E-state index contributed by atoms with van der Waals surface area (Å²) in [6.07, 6.45) is -3.20. The Balaban J connectivity index is 3.05. The summed E-state index contributed by atoms with van der Waals surface area (Å²) in [7, 11) is 0. The fraction of sp³-hybridized carbons (Fsp3) is 0.500. The number of halogens is 4. The summed E-state index contributed by atoms with van der Waals surface area (Å²) < 4.78 is 52.9. The average Bonchev–Trinajstić information content (AvgIpc) is 2.37. The summed E-state index contributed by atoms with van der Waals surface area (Å²) in [5, 5.41) is 1.96. The molecule has 1 N–H and O–H groups in total. The first-order valence-electron chi connectivity index (χ1n) is 5.79. The third-order valence-electron chi connectivity index (χ3n) is 2.54. The minimum absolute atomic E-state index is 0.0100. The number of pyridine rings is 1. The second-order valence-electron chi connectivity index (χ2n) is 3.98. The van der Waals surface area contributed by atoms with E-state index in [9.17, 15) is 22.4 Å². The Kier molecular flexibility index (Phi) is 4.85. The molecule has 1 aromatic rings. The molecule has 1 heterocycles. The molecule has 1 aromatic heterocycles. The number of unbranched alkanes of at least 4 members (excludes halogenated alkanes) is 1. The van der Waals surface area contributed by atoms with Gasteiger partial charge in [-0.2, -0.15) is 13.2 Å². The summed E-state index contributed by atoms with van der Waals surface area (Å²) in [5.74, 6) is -1.73. The van der Waals surface area contributed by atoms with Crippen LogP contribution in [-0.2, 0) is 10.5 Å². The van der Waals surface area contributed by atoms with E-state index in [1.54, 1.807) is 6.92 Å². The van der Waals surface area contributed by atoms with Crippen LogP contribution in [0.5, 0.6) is 0 Å². The van der Waals surface area contributed by atoms with Gasteiger partial charge in [-0.05, 0) is 18.6 Å². The molecule has 0 saturated carbocycles. The average molecular weight is 278 g/mol. The predicted octanol–water partition coefficient (Wildman–Crippen LogP) is 2.73. The van der Waals surface area contributed by atoms with E-state index in [2.05, 4.69) is 4.98 Å². The van der Waals surface area contributed by atoms with Crippen molar-refractivity contribution in [2.24, 2.45) is 0 Å². The molecule has 1 rings (SSSR count). The van der Waals surface area contributed by atoms with Gasteiger partial charge in [-0.25, -0.2) is 4.39 Å². The molecular weight excluding hydrogens is 264 g/mol. The lowest BCUT2D eigenvalue weighted by Gasteiger charge is -2.26. The largest absolute Gasteiger partial charge is 0.437 e. The van der Waals surface area contributed by atoms with E-state index in [-0.39, 0.29) is 6.54 Å². The molecule has 106 valence electrons. The van der Waals surface area contributed by atoms with Crippen LogP contribution < -0.4 is 5.32 Å². The third kappa shape index (κ3) is 3.21. The number of nitrogens with zero attached hydrogens (tertiary/aromatic N) is 1. The Morgan fingerprint density at radius 2 is 2.00 bits per heavy atom. The van der Waals surface area contributed by atoms with Crippen LogP contribution >= 0.6 is 0 Å². The Labute approximate surface area is 108 Å². The van der Waals surface area contributed by atoms with Crippen molar-refractivity contribution in [1.82, 2.24) is 10.3 Å². The van der Waals surface area contributed by atoms with Gasteiger partial charge in [0.15, 0.2) is 0 Å². The summed E-state index contributed by atoms with van der Waals surface area (Å²) >= 11 is 0. The number of hydrogen-bond acceptors (Lipinski definition) is 2. The van der Waals surface area contributed by atoms with Crippen LogP contribution in [0.2, 0.25) is 0 Å². The Bertz CT molecular complexity index is 421. The van der Waals surface area contributed by atoms with Crippen LogP contribution in [0.15, 0.2) is 24.4 Å². The molecule has 0 radical (unpaired) electrons. The molecule has 0 fully saturated rings. The molecule has 7 heteroatoms. The number of amides is 1. The van der Waals surface area contributed by atoms with Crippen molar-refractivity contribution in [3.63, 3.8) is 0 Å². The second kappa shape index (κ2) is 5.99. The maximum Gasteiger partial charge on any atom is 0.437 e. The van der Waals surface area contributed by atoms with Crippen molar-refractivity contribution < 1.29 is 22.4 Å². The number of nitrogens with one attached hydrogen (secondary N) is 1. The van der Waals surface area contributed by atoms with Gasteiger partial charge in [0.2, 0.25) is 0 Å². The van der Waals surface area contributed by atoms with E-state index in [0.29, 0.717) is 12.8 Å². The number of carbonyl (C=O) groups excluding carboxylic acids is 1. The molecule has 1 unspecified atom stereocenters. The first-order chi connectivity index (χ1) is 8.84. The van der Waals surface area contributed by atoms with Crippen LogP contribution in [0.25, 0.3) is 0 Å². The second-order valence-corrected chi connectivity index (χ2v) is 3.98. The van der Waals surface area contributed by atoms with Gasteiger partial charge in [0, 0.05) is 12.7 Å². The van der Waals surface area contributed by atoms with Gasteiger partial charge >= 0.3 is 11.8 Å². The number of hydrogen-bond donors (Lipinski definition) is 1. The fourth-order valence-corrected chi connectivity index (χ4v) is 1.46. The lowest BCUT2D eigenvalue weighted by atomic mass is 9.99. The molecular formula is C12H14F4N2O. The highest BCUT2D eigenvalue weighted by molar-refractivity contribution is 5.86. The van der Waals surface area contributed by atoms with Crippen molar-refractivity contribution in [3.05, 3.63) is 30.1 Å². The highest BCUT2D eigenvalue weighted by atomic mass is 19.4. The molecule has 0 aliphatic carbocycles. The normalized spacial score (nSPS) is 14.8. The molecule has 0 aliphatic rings. The van der Waals surface area contributed by atoms with Gasteiger partial charge in [0.1, 0.15) is 0 Å². The molecule has 1 amide bonds. The zero-order valence-corrected chi connectivity index (χ0v) is 10.3. The van der Waals surface area contributed by atoms with Crippen LogP contribution in [-0.4, -0.2) is 23.6 Å². The van der Waals surface area contributed by atoms with Gasteiger partial charge in [-0.15, -0.1) is 0 Å². The van der Waals surface area contributed by atoms with Gasteiger partial charge in [0.05, 0.1) is 5.69 Å². The zero-order chi connectivity index (χ0) is 14.5. The van der Waals surface area contributed by atoms with Gasteiger partial charge in [-0.1, -0.05) is 19.4 Å². The Hall–Kier alpha value is -1.66. The molecule has 0 bridgehead atoms. The first kappa shape index (κ1) is 15.4. The van der Waals surface area contributed by atoms with Crippen molar-refractivity contribution in [2.45, 2.75) is 31.6 Å². The summed E-state index contributed by atoms with van der Waals surface area (Å²) in [5.41, 5.74) is -5.08. The van der Waals surface area contributed by atoms with Gasteiger partial charge in [-0.3, -0.25) is 9.78 Å². The minimum atomic E-state index is -5.36. The summed E-state index contributed by atoms with van der Waals surface area (Å²) in [6.45, 7) is 1.79. The fourth-order valence-electron chi connectivity index (χ4n) is 1.46. The van der Waals surface area contributed by atoms with E-state index < -0.39 is 23.4 Å². The molecule has 0 aliphatic heterocycles. The molecule has 0 spiro atoms. The SMILES string of the molecule is CCCCNC(=O)C(F)(c1ccccn1)C(F)(F)F. The maximum absolute atomic E-state index is 14.3. The topological polar surface area (TPSA) is 42.0 Å². The number of alkyl halides is 4. The third-order valence-corrected chi connectivity index (χ3v) is 2.54. The predicted molar refractivity (Wildman–Crippen MR) is 61.0 cm³/mol. The first-order valence-corrected chi connectivity index (χ1v) is 5.79. The molecule has 19 heavy (non-hydrogen) atoms. The molecule has 3 nitrogen and oxygen atoms in total. The molecule has 0 saturated heterocycles. The van der Waals surface area contributed by atoms with E-state index >= 15 is 0 Å². The molecule has 1 atom stereocenters. The van der Waals surface area contributed by atoms with Crippen LogP contribution in [0.1, 0.15) is 25.5 Å². The van der Waals surface area contributed by atoms with Crippen molar-refractivity contribution in [2.75, 3.05) is 6.54 Å². The van der Waals surface area contributed by atoms with E-state index in [0.717, 1.165) is 12.3 Å². The quantitative estimate of drug-likeness (QED) is 0.664. The smallest absolute Gasteiger partial charge is 0.353 e. The van der Waals surface area contributed by atoms with E-state index in [1.807, 2.05) is 5.32 Å². The lowest BCUT2D eigenvalue weighted by molar-refractivity contribution is -0.232. The van der Waals surface area contributed by atoms with Gasteiger partial charge in [0.25, 0.3) is 5.91 Å². The molecule has 0 aromatic carbocycles. The van der Waals surface area contributed by atoms with E-state index in [1.165, 1.54) is 12.1 Å². The van der Waals surface area contributed by atoms with Crippen LogP contribution in [0.4, 0.5) is 17.6 Å². The zero-order valence-electron chi connectivity index (χ0n) is 10.3. The Morgan fingerprint density at radius 3 is 2.47 bits per heavy atom. The monoisotopic (exact) mass is 278 g/mol. The van der Waals surface area contributed by atoms with Crippen molar-refractivity contribution >= 4 is 5.91 Å². The minimum Gasteiger partial charge on any atom is -0.353 e. The van der Waals surface area contributed by atoms with Crippen LogP contribution in [0, 0.1) is 0 Å². The number of rotatable bonds is 5. The number of aromatic nitrogens is 1. The number of carbonyl (C=O) groups is 1. The van der Waals surface area contributed by atoms with Gasteiger partial charge < -0.3 is 5.32 Å². The van der Waals surface area contributed by atoms with E-state index in [4.69, 9.17) is 0 Å². The highest BCUT2D eigenvalue weighted by Gasteiger charge is 2.64.